The van der Waals surface area contributed by atoms with Crippen molar-refractivity contribution in [3.05, 3.63) is 145 Å². The third kappa shape index (κ3) is 7.49. The lowest BCUT2D eigenvalue weighted by molar-refractivity contribution is -0.169. The number of hydrogen-bond acceptors (Lipinski definition) is 10. The van der Waals surface area contributed by atoms with Crippen molar-refractivity contribution in [2.75, 3.05) is 12.4 Å². The van der Waals surface area contributed by atoms with Gasteiger partial charge in [-0.15, -0.1) is 34.4 Å². The van der Waals surface area contributed by atoms with Gasteiger partial charge in [-0.1, -0.05) is 91.0 Å². The molecule has 8 nitrogen and oxygen atoms in total. The first-order valence-corrected chi connectivity index (χ1v) is 20.7. The Labute approximate surface area is 324 Å². The van der Waals surface area contributed by atoms with E-state index in [4.69, 9.17) is 26.4 Å². The van der Waals surface area contributed by atoms with Gasteiger partial charge in [0, 0.05) is 33.1 Å². The molecule has 5 aromatic rings. The number of carbonyl (C=O) groups is 2. The van der Waals surface area contributed by atoms with Crippen molar-refractivity contribution in [1.82, 2.24) is 10.2 Å². The summed E-state index contributed by atoms with van der Waals surface area (Å²) < 4.78 is 20.4. The molecule has 3 atom stereocenters. The largest absolute Gasteiger partial charge is 0.469 e. The molecule has 3 aliphatic heterocycles. The zero-order valence-corrected chi connectivity index (χ0v) is 31.9. The topological polar surface area (TPSA) is 94.2 Å². The Balaban J connectivity index is 1.19. The van der Waals surface area contributed by atoms with Gasteiger partial charge in [0.25, 0.3) is 5.91 Å². The average molecular weight is 781 g/mol. The van der Waals surface area contributed by atoms with Crippen molar-refractivity contribution < 1.29 is 23.8 Å². The minimum absolute atomic E-state index is 0.0600. The van der Waals surface area contributed by atoms with Crippen LogP contribution in [-0.4, -0.2) is 51.8 Å². The average Bonchev–Trinajstić information content (AvgIpc) is 3.69. The normalized spacial score (nSPS) is 19.9. The van der Waals surface area contributed by atoms with Gasteiger partial charge in [0.15, 0.2) is 6.29 Å². The number of carbonyl (C=O) groups excluding carboxylic acids is 2. The smallest absolute Gasteiger partial charge is 0.253 e. The summed E-state index contributed by atoms with van der Waals surface area (Å²) in [5.41, 5.74) is 4.25. The van der Waals surface area contributed by atoms with Crippen molar-refractivity contribution in [2.24, 2.45) is 0 Å². The van der Waals surface area contributed by atoms with Crippen molar-refractivity contribution in [2.45, 2.75) is 56.1 Å². The minimum atomic E-state index is -0.737. The number of thiophene rings is 1. The Morgan fingerprint density at radius 2 is 1.64 bits per heavy atom. The molecule has 12 heteroatoms. The summed E-state index contributed by atoms with van der Waals surface area (Å²) in [5, 5.41) is 4.63. The van der Waals surface area contributed by atoms with Gasteiger partial charge < -0.3 is 19.5 Å². The van der Waals surface area contributed by atoms with Gasteiger partial charge in [-0.05, 0) is 59.6 Å². The van der Waals surface area contributed by atoms with E-state index in [9.17, 15) is 14.4 Å². The van der Waals surface area contributed by atoms with Gasteiger partial charge in [-0.25, -0.2) is 0 Å². The highest BCUT2D eigenvalue weighted by atomic mass is 32.2. The standard InChI is InChI=1S/C41H36N2O6S4/c44-31(22-25-12-4-1-5-13-25)42-33-39(46)43-34(41(50)49-36(26-14-6-2-7-15-26)27-16-8-3-9-17-27)29(24-52-40(33)43)37-28(23-48-32-18-10-11-20-47-32)35(45)38-30(53-37)19-21-51-38/h1-9,12-17,19,21,32-33,36,40H,10-11,18,20,22-24H2,(H,42,44)/t32?,33?,40-/m1/s1. The van der Waals surface area contributed by atoms with Gasteiger partial charge in [0.1, 0.15) is 23.2 Å². The number of nitrogens with zero attached hydrogens (tertiary/aromatic N) is 1. The Hall–Kier alpha value is -4.17. The molecule has 2 aromatic heterocycles. The third-order valence-corrected chi connectivity index (χ3v) is 13.4. The zero-order valence-electron chi connectivity index (χ0n) is 28.6. The summed E-state index contributed by atoms with van der Waals surface area (Å²) in [6.07, 6.45) is 1.95. The fourth-order valence-electron chi connectivity index (χ4n) is 6.88. The highest BCUT2D eigenvalue weighted by Gasteiger charge is 2.54. The zero-order chi connectivity index (χ0) is 36.3. The molecule has 2 saturated heterocycles. The summed E-state index contributed by atoms with van der Waals surface area (Å²) >= 11 is 10.6. The molecular weight excluding hydrogens is 745 g/mol. The molecule has 0 saturated carbocycles. The Morgan fingerprint density at radius 1 is 0.943 bits per heavy atom. The lowest BCUT2D eigenvalue weighted by atomic mass is 9.99. The Kier molecular flexibility index (Phi) is 10.9. The van der Waals surface area contributed by atoms with Crippen LogP contribution in [0, 0.1) is 0 Å². The highest BCUT2D eigenvalue weighted by molar-refractivity contribution is 8.00. The second-order valence-corrected chi connectivity index (χ2v) is 16.5. The van der Waals surface area contributed by atoms with Crippen molar-refractivity contribution in [3.63, 3.8) is 0 Å². The molecule has 0 spiro atoms. The first-order valence-electron chi connectivity index (χ1n) is 17.5. The van der Waals surface area contributed by atoms with Gasteiger partial charge in [-0.3, -0.25) is 19.3 Å². The number of thioether (sulfide) groups is 1. The van der Waals surface area contributed by atoms with Crippen molar-refractivity contribution in [1.29, 1.82) is 0 Å². The second kappa shape index (κ2) is 16.1. The molecule has 5 heterocycles. The molecule has 3 aliphatic rings. The fourth-order valence-corrected chi connectivity index (χ4v) is 10.9. The predicted octanol–water partition coefficient (Wildman–Crippen LogP) is 7.85. The lowest BCUT2D eigenvalue weighted by Gasteiger charge is -2.50. The van der Waals surface area contributed by atoms with E-state index >= 15 is 0 Å². The van der Waals surface area contributed by atoms with Crippen LogP contribution in [0.15, 0.2) is 113 Å². The van der Waals surface area contributed by atoms with Crippen molar-refractivity contribution in [3.8, 4) is 0 Å². The lowest BCUT2D eigenvalue weighted by Crippen LogP contribution is -2.70. The minimum Gasteiger partial charge on any atom is -0.469 e. The van der Waals surface area contributed by atoms with Crippen LogP contribution in [0.3, 0.4) is 0 Å². The van der Waals surface area contributed by atoms with E-state index < -0.39 is 23.8 Å². The maximum absolute atomic E-state index is 14.2. The summed E-state index contributed by atoms with van der Waals surface area (Å²) in [5.74, 6) is -0.0860. The molecule has 0 aliphatic carbocycles. The SMILES string of the molecule is O=C(Cc1ccccc1)NC1C(=O)N2C(C(=S)OC(c3ccccc3)c3ccccc3)=C(c3sc4ccsc4c(=O)c3COC3CCCCO3)CS[C@H]12. The summed E-state index contributed by atoms with van der Waals surface area (Å²) in [6, 6.07) is 30.3. The fraction of sp³-hybridized carbons (Fsp3) is 0.268. The van der Waals surface area contributed by atoms with Crippen LogP contribution < -0.4 is 10.7 Å². The van der Waals surface area contributed by atoms with Crippen LogP contribution in [0.1, 0.15) is 52.5 Å². The Bertz CT molecular complexity index is 2180. The number of β-lactam (4-membered cyclic amide) rings is 1. The Morgan fingerprint density at radius 3 is 2.32 bits per heavy atom. The van der Waals surface area contributed by atoms with Gasteiger partial charge in [0.05, 0.1) is 17.7 Å². The van der Waals surface area contributed by atoms with E-state index in [1.807, 2.05) is 102 Å². The van der Waals surface area contributed by atoms with Crippen LogP contribution in [-0.2, 0) is 36.8 Å². The van der Waals surface area contributed by atoms with E-state index in [0.29, 0.717) is 33.2 Å². The molecule has 1 N–H and O–H groups in total. The highest BCUT2D eigenvalue weighted by Crippen LogP contribution is 2.47. The maximum atomic E-state index is 14.2. The van der Waals surface area contributed by atoms with Crippen LogP contribution >= 0.6 is 46.7 Å². The van der Waals surface area contributed by atoms with Crippen molar-refractivity contribution >= 4 is 78.5 Å². The van der Waals surface area contributed by atoms with Gasteiger partial charge >= 0.3 is 0 Å². The van der Waals surface area contributed by atoms with Crippen LogP contribution in [0.2, 0.25) is 0 Å². The maximum Gasteiger partial charge on any atom is 0.253 e. The number of thiocarbonyl (C=S) groups is 1. The van der Waals surface area contributed by atoms with E-state index in [2.05, 4.69) is 5.32 Å². The molecular formula is C41H36N2O6S4. The quantitative estimate of drug-likeness (QED) is 0.107. The van der Waals surface area contributed by atoms with Gasteiger partial charge in [0.2, 0.25) is 16.4 Å². The number of rotatable bonds is 11. The molecule has 0 bridgehead atoms. The summed E-state index contributed by atoms with van der Waals surface area (Å²) in [4.78, 5) is 43.9. The predicted molar refractivity (Wildman–Crippen MR) is 215 cm³/mol. The van der Waals surface area contributed by atoms with E-state index in [-0.39, 0.29) is 35.3 Å². The summed E-state index contributed by atoms with van der Waals surface area (Å²) in [6.45, 7) is 0.682. The first kappa shape index (κ1) is 35.8. The number of nitrogens with one attached hydrogen (secondary N) is 1. The van der Waals surface area contributed by atoms with E-state index in [1.54, 1.807) is 4.90 Å². The molecule has 270 valence electrons. The van der Waals surface area contributed by atoms with Crippen LogP contribution in [0.25, 0.3) is 15.0 Å². The third-order valence-electron chi connectivity index (χ3n) is 9.54. The van der Waals surface area contributed by atoms with E-state index in [0.717, 1.165) is 46.2 Å². The van der Waals surface area contributed by atoms with E-state index in [1.165, 1.54) is 34.4 Å². The first-order chi connectivity index (χ1) is 26.0. The molecule has 2 amide bonds. The van der Waals surface area contributed by atoms with Crippen LogP contribution in [0.4, 0.5) is 0 Å². The number of benzene rings is 3. The molecule has 3 aromatic carbocycles. The number of hydrogen-bond donors (Lipinski definition) is 1. The molecule has 2 unspecified atom stereocenters. The molecule has 53 heavy (non-hydrogen) atoms. The molecule has 0 radical (unpaired) electrons. The second-order valence-electron chi connectivity index (χ2n) is 13.0. The molecule has 2 fully saturated rings. The molecule has 8 rings (SSSR count). The number of amides is 2. The number of fused-ring (bicyclic) bond motifs is 2. The van der Waals surface area contributed by atoms with Gasteiger partial charge in [-0.2, -0.15) is 0 Å². The monoisotopic (exact) mass is 780 g/mol. The number of ether oxygens (including phenoxy) is 3. The summed E-state index contributed by atoms with van der Waals surface area (Å²) in [7, 11) is 0. The van der Waals surface area contributed by atoms with Crippen LogP contribution in [0.5, 0.6) is 0 Å².